The summed E-state index contributed by atoms with van der Waals surface area (Å²) in [5, 5.41) is 13.3. The van der Waals surface area contributed by atoms with Gasteiger partial charge in [-0.2, -0.15) is 4.98 Å². The van der Waals surface area contributed by atoms with Crippen molar-refractivity contribution < 1.29 is 14.0 Å². The molecular weight excluding hydrogens is 196 g/mol. The molecule has 2 rings (SSSR count). The third kappa shape index (κ3) is 2.07. The summed E-state index contributed by atoms with van der Waals surface area (Å²) >= 11 is 0. The Bertz CT molecular complexity index is 408. The summed E-state index contributed by atoms with van der Waals surface area (Å²) in [4.78, 5) is 4.05. The summed E-state index contributed by atoms with van der Waals surface area (Å²) < 4.78 is 10.1. The Labute approximate surface area is 86.7 Å². The maximum Gasteiger partial charge on any atom is 0.293 e. The first-order valence-corrected chi connectivity index (χ1v) is 4.86. The molecule has 80 valence electrons. The zero-order chi connectivity index (χ0) is 10.7. The molecule has 0 radical (unpaired) electrons. The SMILES string of the molecule is CCCC(O)c1noc(-c2ccco2)n1. The molecule has 2 heterocycles. The van der Waals surface area contributed by atoms with Gasteiger partial charge in [-0.05, 0) is 18.6 Å². The van der Waals surface area contributed by atoms with E-state index in [1.807, 2.05) is 6.92 Å². The van der Waals surface area contributed by atoms with Gasteiger partial charge in [-0.15, -0.1) is 0 Å². The van der Waals surface area contributed by atoms with Gasteiger partial charge in [-0.3, -0.25) is 0 Å². The Morgan fingerprint density at radius 3 is 3.07 bits per heavy atom. The van der Waals surface area contributed by atoms with Crippen molar-refractivity contribution in [3.63, 3.8) is 0 Å². The number of aliphatic hydroxyl groups is 1. The number of furan rings is 1. The molecule has 0 aliphatic rings. The third-order valence-corrected chi connectivity index (χ3v) is 2.03. The van der Waals surface area contributed by atoms with Crippen molar-refractivity contribution >= 4 is 0 Å². The van der Waals surface area contributed by atoms with E-state index in [2.05, 4.69) is 10.1 Å². The van der Waals surface area contributed by atoms with E-state index in [1.54, 1.807) is 12.1 Å². The maximum absolute atomic E-state index is 9.62. The van der Waals surface area contributed by atoms with Gasteiger partial charge in [0.1, 0.15) is 6.10 Å². The van der Waals surface area contributed by atoms with E-state index < -0.39 is 6.10 Å². The second-order valence-electron chi connectivity index (χ2n) is 3.24. The molecule has 0 aromatic carbocycles. The van der Waals surface area contributed by atoms with Gasteiger partial charge in [0.2, 0.25) is 5.82 Å². The van der Waals surface area contributed by atoms with E-state index in [-0.39, 0.29) is 0 Å². The highest BCUT2D eigenvalue weighted by Crippen LogP contribution is 2.21. The molecule has 1 unspecified atom stereocenters. The van der Waals surface area contributed by atoms with Crippen LogP contribution in [0.2, 0.25) is 0 Å². The monoisotopic (exact) mass is 208 g/mol. The summed E-state index contributed by atoms with van der Waals surface area (Å²) in [6, 6.07) is 3.46. The first kappa shape index (κ1) is 9.92. The molecule has 0 saturated heterocycles. The topological polar surface area (TPSA) is 72.3 Å². The van der Waals surface area contributed by atoms with Crippen LogP contribution in [0.4, 0.5) is 0 Å². The largest absolute Gasteiger partial charge is 0.459 e. The minimum Gasteiger partial charge on any atom is -0.459 e. The van der Waals surface area contributed by atoms with Crippen molar-refractivity contribution in [2.45, 2.75) is 25.9 Å². The normalized spacial score (nSPS) is 12.9. The molecule has 0 fully saturated rings. The van der Waals surface area contributed by atoms with Crippen LogP contribution in [-0.4, -0.2) is 15.2 Å². The molecule has 5 heteroatoms. The van der Waals surface area contributed by atoms with E-state index in [0.717, 1.165) is 6.42 Å². The second kappa shape index (κ2) is 4.27. The molecule has 15 heavy (non-hydrogen) atoms. The number of hydrogen-bond donors (Lipinski definition) is 1. The van der Waals surface area contributed by atoms with Crippen LogP contribution in [-0.2, 0) is 0 Å². The molecule has 2 aromatic rings. The van der Waals surface area contributed by atoms with E-state index in [0.29, 0.717) is 23.9 Å². The highest BCUT2D eigenvalue weighted by Gasteiger charge is 2.16. The van der Waals surface area contributed by atoms with Gasteiger partial charge in [-0.1, -0.05) is 18.5 Å². The molecule has 0 aliphatic heterocycles. The number of rotatable bonds is 4. The predicted octanol–water partition coefficient (Wildman–Crippen LogP) is 2.16. The molecule has 0 spiro atoms. The lowest BCUT2D eigenvalue weighted by molar-refractivity contribution is 0.153. The molecule has 0 saturated carbocycles. The van der Waals surface area contributed by atoms with Crippen molar-refractivity contribution in [1.82, 2.24) is 10.1 Å². The van der Waals surface area contributed by atoms with Crippen LogP contribution in [0.25, 0.3) is 11.7 Å². The smallest absolute Gasteiger partial charge is 0.293 e. The van der Waals surface area contributed by atoms with Gasteiger partial charge in [0.15, 0.2) is 5.76 Å². The second-order valence-corrected chi connectivity index (χ2v) is 3.24. The molecule has 0 bridgehead atoms. The van der Waals surface area contributed by atoms with Gasteiger partial charge in [0.05, 0.1) is 6.26 Å². The molecule has 1 atom stereocenters. The first-order chi connectivity index (χ1) is 7.31. The van der Waals surface area contributed by atoms with Gasteiger partial charge < -0.3 is 14.0 Å². The fourth-order valence-electron chi connectivity index (χ4n) is 1.27. The molecule has 2 aromatic heterocycles. The van der Waals surface area contributed by atoms with Crippen LogP contribution in [0.15, 0.2) is 27.3 Å². The van der Waals surface area contributed by atoms with Crippen LogP contribution in [0, 0.1) is 0 Å². The van der Waals surface area contributed by atoms with Crippen LogP contribution in [0.5, 0.6) is 0 Å². The zero-order valence-corrected chi connectivity index (χ0v) is 8.38. The first-order valence-electron chi connectivity index (χ1n) is 4.86. The van der Waals surface area contributed by atoms with Gasteiger partial charge in [0.25, 0.3) is 5.89 Å². The summed E-state index contributed by atoms with van der Waals surface area (Å²) in [5.41, 5.74) is 0. The van der Waals surface area contributed by atoms with Crippen LogP contribution in [0.3, 0.4) is 0 Å². The molecular formula is C10H12N2O3. The maximum atomic E-state index is 9.62. The minimum absolute atomic E-state index is 0.296. The lowest BCUT2D eigenvalue weighted by atomic mass is 10.2. The molecule has 1 N–H and O–H groups in total. The predicted molar refractivity (Wildman–Crippen MR) is 51.9 cm³/mol. The Morgan fingerprint density at radius 1 is 1.53 bits per heavy atom. The van der Waals surface area contributed by atoms with Crippen molar-refractivity contribution in [2.24, 2.45) is 0 Å². The Morgan fingerprint density at radius 2 is 2.40 bits per heavy atom. The van der Waals surface area contributed by atoms with Crippen LogP contribution >= 0.6 is 0 Å². The Hall–Kier alpha value is -1.62. The van der Waals surface area contributed by atoms with Crippen LogP contribution in [0.1, 0.15) is 31.7 Å². The van der Waals surface area contributed by atoms with Crippen molar-refractivity contribution in [3.8, 4) is 11.7 Å². The third-order valence-electron chi connectivity index (χ3n) is 2.03. The van der Waals surface area contributed by atoms with Gasteiger partial charge in [-0.25, -0.2) is 0 Å². The highest BCUT2D eigenvalue weighted by molar-refractivity contribution is 5.42. The number of hydrogen-bond acceptors (Lipinski definition) is 5. The fraction of sp³-hybridized carbons (Fsp3) is 0.400. The lowest BCUT2D eigenvalue weighted by Crippen LogP contribution is -1.98. The quantitative estimate of drug-likeness (QED) is 0.833. The molecule has 0 aliphatic carbocycles. The average molecular weight is 208 g/mol. The zero-order valence-electron chi connectivity index (χ0n) is 8.38. The summed E-state index contributed by atoms with van der Waals surface area (Å²) in [5.74, 6) is 1.12. The minimum atomic E-state index is -0.664. The molecule has 5 nitrogen and oxygen atoms in total. The number of aliphatic hydroxyl groups excluding tert-OH is 1. The number of nitrogens with zero attached hydrogens (tertiary/aromatic N) is 2. The van der Waals surface area contributed by atoms with Crippen molar-refractivity contribution in [3.05, 3.63) is 24.2 Å². The summed E-state index contributed by atoms with van der Waals surface area (Å²) in [6.07, 6.45) is 2.35. The van der Waals surface area contributed by atoms with E-state index in [4.69, 9.17) is 8.94 Å². The van der Waals surface area contributed by atoms with E-state index in [9.17, 15) is 5.11 Å². The molecule has 0 amide bonds. The van der Waals surface area contributed by atoms with Gasteiger partial charge >= 0.3 is 0 Å². The Kier molecular flexibility index (Phi) is 2.82. The summed E-state index contributed by atoms with van der Waals surface area (Å²) in [6.45, 7) is 1.98. The number of aromatic nitrogens is 2. The van der Waals surface area contributed by atoms with Crippen molar-refractivity contribution in [1.29, 1.82) is 0 Å². The van der Waals surface area contributed by atoms with Gasteiger partial charge in [0, 0.05) is 0 Å². The highest BCUT2D eigenvalue weighted by atomic mass is 16.5. The summed E-state index contributed by atoms with van der Waals surface area (Å²) in [7, 11) is 0. The fourth-order valence-corrected chi connectivity index (χ4v) is 1.27. The lowest BCUT2D eigenvalue weighted by Gasteiger charge is -2.00. The van der Waals surface area contributed by atoms with Crippen LogP contribution < -0.4 is 0 Å². The van der Waals surface area contributed by atoms with Crippen molar-refractivity contribution in [2.75, 3.05) is 0 Å². The Balaban J connectivity index is 2.17. The van der Waals surface area contributed by atoms with E-state index >= 15 is 0 Å². The average Bonchev–Trinajstić information content (AvgIpc) is 2.89. The van der Waals surface area contributed by atoms with E-state index in [1.165, 1.54) is 6.26 Å². The standard InChI is InChI=1S/C10H12N2O3/c1-2-4-7(13)9-11-10(15-12-9)8-5-3-6-14-8/h3,5-7,13H,2,4H2,1H3.